The summed E-state index contributed by atoms with van der Waals surface area (Å²) < 4.78 is 0. The molecule has 0 radical (unpaired) electrons. The third-order valence-corrected chi connectivity index (χ3v) is 3.16. The lowest BCUT2D eigenvalue weighted by Crippen LogP contribution is -2.01. The van der Waals surface area contributed by atoms with Gasteiger partial charge in [0, 0.05) is 0 Å². The van der Waals surface area contributed by atoms with E-state index >= 15 is 0 Å². The van der Waals surface area contributed by atoms with Gasteiger partial charge >= 0.3 is 5.97 Å². The first-order chi connectivity index (χ1) is 7.66. The Morgan fingerprint density at radius 1 is 1.50 bits per heavy atom. The van der Waals surface area contributed by atoms with Gasteiger partial charge in [0.25, 0.3) is 0 Å². The molecule has 0 amide bonds. The van der Waals surface area contributed by atoms with Gasteiger partial charge in [0.05, 0.1) is 22.5 Å². The van der Waals surface area contributed by atoms with E-state index in [4.69, 9.17) is 5.11 Å². The molecule has 0 saturated heterocycles. The fraction of sp³-hybridized carbons (Fsp3) is 0.167. The average Bonchev–Trinajstić information content (AvgIpc) is 2.65. The molecule has 4 heteroatoms. The predicted molar refractivity (Wildman–Crippen MR) is 63.6 cm³/mol. The van der Waals surface area contributed by atoms with Crippen LogP contribution in [0.3, 0.4) is 0 Å². The summed E-state index contributed by atoms with van der Waals surface area (Å²) in [4.78, 5) is 15.7. The van der Waals surface area contributed by atoms with E-state index in [-0.39, 0.29) is 6.42 Å². The molecule has 1 aromatic heterocycles. The fourth-order valence-electron chi connectivity index (χ4n) is 1.56. The van der Waals surface area contributed by atoms with Crippen molar-refractivity contribution in [3.8, 4) is 10.4 Å². The maximum atomic E-state index is 10.7. The van der Waals surface area contributed by atoms with Gasteiger partial charge < -0.3 is 5.11 Å². The van der Waals surface area contributed by atoms with E-state index in [0.717, 1.165) is 16.0 Å². The molecule has 16 heavy (non-hydrogen) atoms. The van der Waals surface area contributed by atoms with E-state index in [2.05, 4.69) is 4.98 Å². The Kier molecular flexibility index (Phi) is 3.01. The van der Waals surface area contributed by atoms with Crippen molar-refractivity contribution in [3.05, 3.63) is 41.0 Å². The zero-order chi connectivity index (χ0) is 11.5. The molecular weight excluding hydrogens is 222 g/mol. The Morgan fingerprint density at radius 2 is 2.31 bits per heavy atom. The molecule has 0 unspecified atom stereocenters. The van der Waals surface area contributed by atoms with E-state index < -0.39 is 5.97 Å². The minimum atomic E-state index is -0.847. The molecule has 82 valence electrons. The molecule has 0 atom stereocenters. The first-order valence-corrected chi connectivity index (χ1v) is 5.76. The number of rotatable bonds is 3. The normalized spacial score (nSPS) is 10.3. The van der Waals surface area contributed by atoms with Crippen molar-refractivity contribution >= 4 is 17.3 Å². The van der Waals surface area contributed by atoms with Crippen molar-refractivity contribution in [1.29, 1.82) is 0 Å². The number of carbonyl (C=O) groups is 1. The van der Waals surface area contributed by atoms with Crippen molar-refractivity contribution in [2.24, 2.45) is 0 Å². The zero-order valence-corrected chi connectivity index (χ0v) is 9.62. The summed E-state index contributed by atoms with van der Waals surface area (Å²) in [7, 11) is 0. The van der Waals surface area contributed by atoms with Gasteiger partial charge in [-0.15, -0.1) is 11.3 Å². The lowest BCUT2D eigenvalue weighted by Gasteiger charge is -2.01. The third-order valence-electron chi connectivity index (χ3n) is 2.24. The van der Waals surface area contributed by atoms with E-state index in [9.17, 15) is 4.79 Å². The average molecular weight is 233 g/mol. The van der Waals surface area contributed by atoms with Gasteiger partial charge in [-0.25, -0.2) is 4.98 Å². The molecule has 0 aliphatic rings. The highest BCUT2D eigenvalue weighted by atomic mass is 32.1. The molecule has 0 spiro atoms. The maximum Gasteiger partial charge on any atom is 0.309 e. The summed E-state index contributed by atoms with van der Waals surface area (Å²) in [6, 6.07) is 8.00. The Labute approximate surface area is 97.4 Å². The molecule has 2 aromatic rings. The van der Waals surface area contributed by atoms with Crippen LogP contribution in [-0.4, -0.2) is 16.1 Å². The minimum Gasteiger partial charge on any atom is -0.481 e. The van der Waals surface area contributed by atoms with Crippen LogP contribution in [0.25, 0.3) is 10.4 Å². The smallest absolute Gasteiger partial charge is 0.309 e. The number of thiazole rings is 1. The molecule has 0 saturated carbocycles. The number of aliphatic carboxylic acids is 1. The van der Waals surface area contributed by atoms with Crippen LogP contribution in [0, 0.1) is 6.92 Å². The lowest BCUT2D eigenvalue weighted by molar-refractivity contribution is -0.136. The molecule has 0 aliphatic carbocycles. The summed E-state index contributed by atoms with van der Waals surface area (Å²) >= 11 is 1.48. The van der Waals surface area contributed by atoms with Crippen molar-refractivity contribution in [1.82, 2.24) is 4.98 Å². The van der Waals surface area contributed by atoms with Crippen LogP contribution in [0.15, 0.2) is 29.8 Å². The molecule has 1 N–H and O–H groups in total. The molecule has 2 rings (SSSR count). The summed E-state index contributed by atoms with van der Waals surface area (Å²) in [6.45, 7) is 2.02. The highest BCUT2D eigenvalue weighted by molar-refractivity contribution is 7.13. The number of hydrogen-bond donors (Lipinski definition) is 1. The second kappa shape index (κ2) is 4.45. The number of aryl methyl sites for hydroxylation is 1. The number of carboxylic acid groups (broad SMARTS) is 1. The lowest BCUT2D eigenvalue weighted by atomic mass is 10.1. The Hall–Kier alpha value is -1.68. The van der Waals surface area contributed by atoms with Crippen molar-refractivity contribution in [2.75, 3.05) is 0 Å². The van der Waals surface area contributed by atoms with Crippen molar-refractivity contribution in [2.45, 2.75) is 13.3 Å². The second-order valence-electron chi connectivity index (χ2n) is 3.57. The molecule has 0 aliphatic heterocycles. The van der Waals surface area contributed by atoms with Crippen LogP contribution in [0.5, 0.6) is 0 Å². The quantitative estimate of drug-likeness (QED) is 0.886. The number of benzene rings is 1. The molecule has 0 fully saturated rings. The van der Waals surface area contributed by atoms with Crippen molar-refractivity contribution in [3.63, 3.8) is 0 Å². The van der Waals surface area contributed by atoms with Crippen molar-refractivity contribution < 1.29 is 9.90 Å². The van der Waals surface area contributed by atoms with Gasteiger partial charge in [0.2, 0.25) is 0 Å². The highest BCUT2D eigenvalue weighted by Crippen LogP contribution is 2.28. The summed E-state index contributed by atoms with van der Waals surface area (Å²) in [5.41, 5.74) is 4.53. The number of nitrogens with zero attached hydrogens (tertiary/aromatic N) is 1. The third kappa shape index (κ3) is 2.28. The van der Waals surface area contributed by atoms with E-state index in [0.29, 0.717) is 5.69 Å². The number of carboxylic acids is 1. The van der Waals surface area contributed by atoms with Gasteiger partial charge in [-0.2, -0.15) is 0 Å². The van der Waals surface area contributed by atoms with Gasteiger partial charge in [0.1, 0.15) is 0 Å². The molecule has 1 heterocycles. The first-order valence-electron chi connectivity index (χ1n) is 4.88. The van der Waals surface area contributed by atoms with E-state index in [1.165, 1.54) is 11.3 Å². The highest BCUT2D eigenvalue weighted by Gasteiger charge is 2.11. The monoisotopic (exact) mass is 233 g/mol. The number of aromatic nitrogens is 1. The molecular formula is C12H11NO2S. The Bertz CT molecular complexity index is 519. The molecule has 0 bridgehead atoms. The van der Waals surface area contributed by atoms with E-state index in [1.807, 2.05) is 31.2 Å². The van der Waals surface area contributed by atoms with Crippen LogP contribution < -0.4 is 0 Å². The predicted octanol–water partition coefficient (Wildman–Crippen LogP) is 2.75. The standard InChI is InChI=1S/C12H11NO2S/c1-8-3-2-4-9(5-8)12-10(6-11(14)15)13-7-16-12/h2-5,7H,6H2,1H3,(H,14,15). The van der Waals surface area contributed by atoms with Crippen LogP contribution >= 0.6 is 11.3 Å². The van der Waals surface area contributed by atoms with Crippen LogP contribution in [-0.2, 0) is 11.2 Å². The SMILES string of the molecule is Cc1cccc(-c2scnc2CC(=O)O)c1. The van der Waals surface area contributed by atoms with Crippen LogP contribution in [0.1, 0.15) is 11.3 Å². The first kappa shape index (κ1) is 10.8. The summed E-state index contributed by atoms with van der Waals surface area (Å²) in [5, 5.41) is 8.78. The topological polar surface area (TPSA) is 50.2 Å². The van der Waals surface area contributed by atoms with Gasteiger partial charge in [-0.05, 0) is 12.5 Å². The molecule has 3 nitrogen and oxygen atoms in total. The zero-order valence-electron chi connectivity index (χ0n) is 8.80. The second-order valence-corrected chi connectivity index (χ2v) is 4.42. The van der Waals surface area contributed by atoms with Gasteiger partial charge in [0.15, 0.2) is 0 Å². The van der Waals surface area contributed by atoms with E-state index in [1.54, 1.807) is 5.51 Å². The largest absolute Gasteiger partial charge is 0.481 e. The number of hydrogen-bond acceptors (Lipinski definition) is 3. The van der Waals surface area contributed by atoms with Crippen LogP contribution in [0.4, 0.5) is 0 Å². The summed E-state index contributed by atoms with van der Waals surface area (Å²) in [5.74, 6) is -0.847. The Morgan fingerprint density at radius 3 is 3.00 bits per heavy atom. The minimum absolute atomic E-state index is 0.0211. The van der Waals surface area contributed by atoms with Gasteiger partial charge in [-0.1, -0.05) is 29.8 Å². The van der Waals surface area contributed by atoms with Crippen LogP contribution in [0.2, 0.25) is 0 Å². The maximum absolute atomic E-state index is 10.7. The van der Waals surface area contributed by atoms with Gasteiger partial charge in [-0.3, -0.25) is 4.79 Å². The summed E-state index contributed by atoms with van der Waals surface area (Å²) in [6.07, 6.45) is -0.0211. The fourth-order valence-corrected chi connectivity index (χ4v) is 2.37. The Balaban J connectivity index is 2.40. The molecule has 1 aromatic carbocycles.